The van der Waals surface area contributed by atoms with Gasteiger partial charge in [0.05, 0.1) is 5.75 Å². The van der Waals surface area contributed by atoms with Crippen LogP contribution in [0.5, 0.6) is 5.75 Å². The number of rotatable bonds is 3. The lowest BCUT2D eigenvalue weighted by molar-refractivity contribution is 0.353. The minimum absolute atomic E-state index is 0.0554. The van der Waals surface area contributed by atoms with Crippen LogP contribution in [0.25, 0.3) is 0 Å². The van der Waals surface area contributed by atoms with Gasteiger partial charge in [-0.15, -0.1) is 4.40 Å². The van der Waals surface area contributed by atoms with Crippen LogP contribution in [0.2, 0.25) is 0 Å². The molecule has 2 aliphatic heterocycles. The van der Waals surface area contributed by atoms with Gasteiger partial charge in [-0.1, -0.05) is 12.1 Å². The summed E-state index contributed by atoms with van der Waals surface area (Å²) >= 11 is 0. The molecule has 0 bridgehead atoms. The Hall–Kier alpha value is -2.08. The lowest BCUT2D eigenvalue weighted by atomic mass is 9.92. The standard InChI is InChI=1S/C18H20N2O3S/c21-24(22)11-10-20-9-3-6-16(18(20)19-24)13-23-17-8-7-14-4-1-2-5-15(14)12-17/h3,6-9,12H,1-2,4-5,10-11,13H2. The van der Waals surface area contributed by atoms with Gasteiger partial charge in [0.1, 0.15) is 12.4 Å². The van der Waals surface area contributed by atoms with Crippen molar-refractivity contribution in [2.24, 2.45) is 4.40 Å². The average Bonchev–Trinajstić information content (AvgIpc) is 2.59. The highest BCUT2D eigenvalue weighted by molar-refractivity contribution is 7.90. The highest BCUT2D eigenvalue weighted by Crippen LogP contribution is 2.26. The van der Waals surface area contributed by atoms with Crippen molar-refractivity contribution in [1.82, 2.24) is 4.90 Å². The van der Waals surface area contributed by atoms with Crippen LogP contribution in [0, 0.1) is 0 Å². The van der Waals surface area contributed by atoms with Crippen molar-refractivity contribution >= 4 is 15.9 Å². The fraction of sp³-hybridized carbons (Fsp3) is 0.389. The molecule has 4 rings (SSSR count). The molecule has 0 radical (unpaired) electrons. The van der Waals surface area contributed by atoms with Gasteiger partial charge in [-0.2, -0.15) is 0 Å². The van der Waals surface area contributed by atoms with Gasteiger partial charge in [0.25, 0.3) is 10.0 Å². The first-order chi connectivity index (χ1) is 11.6. The lowest BCUT2D eigenvalue weighted by Crippen LogP contribution is -2.39. The number of amidine groups is 1. The quantitative estimate of drug-likeness (QED) is 0.845. The van der Waals surface area contributed by atoms with Gasteiger partial charge in [0.15, 0.2) is 5.84 Å². The molecular weight excluding hydrogens is 324 g/mol. The molecule has 3 aliphatic rings. The van der Waals surface area contributed by atoms with Crippen molar-refractivity contribution in [1.29, 1.82) is 0 Å². The Balaban J connectivity index is 1.52. The summed E-state index contributed by atoms with van der Waals surface area (Å²) in [6.07, 6.45) is 10.4. The van der Waals surface area contributed by atoms with E-state index in [9.17, 15) is 8.42 Å². The minimum atomic E-state index is -3.37. The molecule has 24 heavy (non-hydrogen) atoms. The number of allylic oxidation sites excluding steroid dienone is 2. The zero-order valence-corrected chi connectivity index (χ0v) is 14.3. The van der Waals surface area contributed by atoms with Gasteiger partial charge in [-0.25, -0.2) is 8.42 Å². The van der Waals surface area contributed by atoms with Crippen molar-refractivity contribution in [3.8, 4) is 5.75 Å². The molecular formula is C18H20N2O3S. The van der Waals surface area contributed by atoms with Crippen LogP contribution >= 0.6 is 0 Å². The van der Waals surface area contributed by atoms with E-state index >= 15 is 0 Å². The topological polar surface area (TPSA) is 59.0 Å². The fourth-order valence-corrected chi connectivity index (χ4v) is 4.35. The Labute approximate surface area is 142 Å². The highest BCUT2D eigenvalue weighted by Gasteiger charge is 2.26. The summed E-state index contributed by atoms with van der Waals surface area (Å²) in [5.74, 6) is 1.37. The van der Waals surface area contributed by atoms with E-state index in [-0.39, 0.29) is 5.75 Å². The number of hydrogen-bond acceptors (Lipinski definition) is 4. The maximum Gasteiger partial charge on any atom is 0.256 e. The molecule has 0 spiro atoms. The highest BCUT2D eigenvalue weighted by atomic mass is 32.2. The van der Waals surface area contributed by atoms with Gasteiger partial charge >= 0.3 is 0 Å². The molecule has 0 saturated heterocycles. The van der Waals surface area contributed by atoms with Gasteiger partial charge in [-0.3, -0.25) is 0 Å². The molecule has 1 aromatic rings. The predicted octanol–water partition coefficient (Wildman–Crippen LogP) is 2.44. The minimum Gasteiger partial charge on any atom is -0.489 e. The first kappa shape index (κ1) is 15.4. The Morgan fingerprint density at radius 3 is 2.88 bits per heavy atom. The van der Waals surface area contributed by atoms with Crippen LogP contribution < -0.4 is 4.74 Å². The van der Waals surface area contributed by atoms with Crippen molar-refractivity contribution < 1.29 is 13.2 Å². The van der Waals surface area contributed by atoms with E-state index in [2.05, 4.69) is 16.5 Å². The van der Waals surface area contributed by atoms with Crippen molar-refractivity contribution in [2.45, 2.75) is 25.7 Å². The molecule has 126 valence electrons. The Kier molecular flexibility index (Phi) is 3.92. The first-order valence-corrected chi connectivity index (χ1v) is 9.93. The zero-order chi connectivity index (χ0) is 16.6. The van der Waals surface area contributed by atoms with E-state index in [4.69, 9.17) is 4.74 Å². The maximum absolute atomic E-state index is 11.8. The van der Waals surface area contributed by atoms with Crippen LogP contribution in [0.4, 0.5) is 0 Å². The van der Waals surface area contributed by atoms with Crippen LogP contribution in [-0.4, -0.2) is 38.1 Å². The number of hydrogen-bond donors (Lipinski definition) is 0. The summed E-state index contributed by atoms with van der Waals surface area (Å²) in [6.45, 7) is 0.752. The molecule has 0 amide bonds. The van der Waals surface area contributed by atoms with E-state index in [1.54, 1.807) is 0 Å². The van der Waals surface area contributed by atoms with Gasteiger partial charge in [0.2, 0.25) is 0 Å². The predicted molar refractivity (Wildman–Crippen MR) is 93.7 cm³/mol. The summed E-state index contributed by atoms with van der Waals surface area (Å²) in [7, 11) is -3.37. The normalized spacial score (nSPS) is 21.4. The summed E-state index contributed by atoms with van der Waals surface area (Å²) in [4.78, 5) is 1.87. The molecule has 0 N–H and O–H groups in total. The molecule has 6 heteroatoms. The van der Waals surface area contributed by atoms with Crippen molar-refractivity contribution in [2.75, 3.05) is 18.9 Å². The van der Waals surface area contributed by atoms with E-state index in [1.807, 2.05) is 29.3 Å². The molecule has 0 aromatic heterocycles. The number of nitrogens with zero attached hydrogens (tertiary/aromatic N) is 2. The Morgan fingerprint density at radius 1 is 1.17 bits per heavy atom. The average molecular weight is 344 g/mol. The van der Waals surface area contributed by atoms with Crippen LogP contribution in [-0.2, 0) is 22.9 Å². The molecule has 1 aliphatic carbocycles. The summed E-state index contributed by atoms with van der Waals surface area (Å²) in [5.41, 5.74) is 3.58. The molecule has 2 heterocycles. The van der Waals surface area contributed by atoms with E-state index < -0.39 is 10.0 Å². The third-order valence-electron chi connectivity index (χ3n) is 4.65. The van der Waals surface area contributed by atoms with Gasteiger partial charge in [0, 0.05) is 18.3 Å². The zero-order valence-electron chi connectivity index (χ0n) is 13.4. The molecule has 1 aromatic carbocycles. The first-order valence-electron chi connectivity index (χ1n) is 8.32. The van der Waals surface area contributed by atoms with Gasteiger partial charge < -0.3 is 9.64 Å². The largest absolute Gasteiger partial charge is 0.489 e. The number of benzene rings is 1. The number of sulfonamides is 1. The monoisotopic (exact) mass is 344 g/mol. The third-order valence-corrected chi connectivity index (χ3v) is 5.80. The second kappa shape index (κ2) is 6.09. The fourth-order valence-electron chi connectivity index (χ4n) is 3.35. The lowest BCUT2D eigenvalue weighted by Gasteiger charge is -2.29. The van der Waals surface area contributed by atoms with Crippen molar-refractivity contribution in [3.63, 3.8) is 0 Å². The molecule has 0 atom stereocenters. The molecule has 0 unspecified atom stereocenters. The molecule has 0 saturated carbocycles. The van der Waals surface area contributed by atoms with E-state index in [0.29, 0.717) is 19.0 Å². The van der Waals surface area contributed by atoms with Gasteiger partial charge in [-0.05, 0) is 55.0 Å². The van der Waals surface area contributed by atoms with E-state index in [1.165, 1.54) is 24.0 Å². The smallest absolute Gasteiger partial charge is 0.256 e. The maximum atomic E-state index is 11.8. The van der Waals surface area contributed by atoms with Crippen LogP contribution in [0.3, 0.4) is 0 Å². The second-order valence-corrected chi connectivity index (χ2v) is 8.11. The molecule has 0 fully saturated rings. The molecule has 5 nitrogen and oxygen atoms in total. The summed E-state index contributed by atoms with van der Waals surface area (Å²) in [5, 5.41) is 0. The van der Waals surface area contributed by atoms with Crippen molar-refractivity contribution in [3.05, 3.63) is 53.3 Å². The SMILES string of the molecule is O=S1(=O)CCN2C=CC=C(COc3ccc4c(c3)CCCC4)C2=N1. The Bertz CT molecular complexity index is 853. The van der Waals surface area contributed by atoms with Crippen LogP contribution in [0.1, 0.15) is 24.0 Å². The van der Waals surface area contributed by atoms with E-state index in [0.717, 1.165) is 24.2 Å². The Morgan fingerprint density at radius 2 is 2.00 bits per heavy atom. The third kappa shape index (κ3) is 3.11. The number of fused-ring (bicyclic) bond motifs is 2. The number of aryl methyl sites for hydroxylation is 2. The second-order valence-electron chi connectivity index (χ2n) is 6.35. The van der Waals surface area contributed by atoms with Crippen LogP contribution in [0.15, 0.2) is 46.5 Å². The summed E-state index contributed by atoms with van der Waals surface area (Å²) < 4.78 is 33.4. The number of ether oxygens (including phenoxy) is 1. The summed E-state index contributed by atoms with van der Waals surface area (Å²) in [6, 6.07) is 6.26.